The Kier molecular flexibility index (Phi) is 3.56. The minimum absolute atomic E-state index is 0.0288. The molecule has 1 fully saturated rings. The van der Waals surface area contributed by atoms with Crippen molar-refractivity contribution in [3.8, 4) is 5.75 Å². The van der Waals surface area contributed by atoms with Crippen LogP contribution in [0.25, 0.3) is 11.3 Å². The number of hydrogen-bond acceptors (Lipinski definition) is 5. The quantitative estimate of drug-likeness (QED) is 0.661. The molecule has 4 bridgehead atoms. The van der Waals surface area contributed by atoms with Gasteiger partial charge >= 0.3 is 0 Å². The van der Waals surface area contributed by atoms with Crippen LogP contribution in [0.15, 0.2) is 43.2 Å². The molecule has 0 saturated carbocycles. The Morgan fingerprint density at radius 2 is 2.22 bits per heavy atom. The Hall–Kier alpha value is -3.09. The number of benzene rings is 1. The van der Waals surface area contributed by atoms with Gasteiger partial charge in [0.1, 0.15) is 23.5 Å². The highest BCUT2D eigenvalue weighted by molar-refractivity contribution is 5.74. The van der Waals surface area contributed by atoms with E-state index in [1.807, 2.05) is 19.2 Å². The molecule has 0 unspecified atom stereocenters. The first-order valence-corrected chi connectivity index (χ1v) is 9.10. The van der Waals surface area contributed by atoms with Gasteiger partial charge in [-0.15, -0.1) is 0 Å². The van der Waals surface area contributed by atoms with Crippen LogP contribution in [0.2, 0.25) is 0 Å². The number of halogens is 1. The summed E-state index contributed by atoms with van der Waals surface area (Å²) in [5, 5.41) is 7.74. The summed E-state index contributed by atoms with van der Waals surface area (Å²) in [7, 11) is 0. The van der Waals surface area contributed by atoms with Crippen LogP contribution < -0.4 is 10.1 Å². The molecule has 0 aliphatic carbocycles. The fourth-order valence-corrected chi connectivity index (χ4v) is 3.84. The number of fused-ring (bicyclic) bond motifs is 4. The topological polar surface area (TPSA) is 54.7 Å². The SMILES string of the molecule is C=C1c2cnn3ccc(nc23)N[C@H](C)c2cc(F)ccc2O[C@@H]2CCN1C2. The highest BCUT2D eigenvalue weighted by atomic mass is 19.1. The van der Waals surface area contributed by atoms with E-state index in [0.29, 0.717) is 11.6 Å². The number of nitrogens with zero attached hydrogens (tertiary/aromatic N) is 4. The van der Waals surface area contributed by atoms with Crippen molar-refractivity contribution in [1.29, 1.82) is 0 Å². The summed E-state index contributed by atoms with van der Waals surface area (Å²) in [5.74, 6) is 1.12. The fourth-order valence-electron chi connectivity index (χ4n) is 3.84. The van der Waals surface area contributed by atoms with E-state index in [1.54, 1.807) is 16.8 Å². The number of ether oxygens (including phenoxy) is 1. The van der Waals surface area contributed by atoms with Crippen LogP contribution in [-0.2, 0) is 0 Å². The second-order valence-corrected chi connectivity index (χ2v) is 7.11. The lowest BCUT2D eigenvalue weighted by Crippen LogP contribution is -2.24. The summed E-state index contributed by atoms with van der Waals surface area (Å²) < 4.78 is 21.9. The van der Waals surface area contributed by atoms with Crippen LogP contribution in [0, 0.1) is 5.82 Å². The van der Waals surface area contributed by atoms with Gasteiger partial charge in [-0.2, -0.15) is 5.10 Å². The average molecular weight is 365 g/mol. The molecular formula is C20H20FN5O. The highest BCUT2D eigenvalue weighted by Crippen LogP contribution is 2.33. The summed E-state index contributed by atoms with van der Waals surface area (Å²) >= 11 is 0. The average Bonchev–Trinajstić information content (AvgIpc) is 3.28. The second kappa shape index (κ2) is 5.97. The number of nitrogens with one attached hydrogen (secondary N) is 1. The Morgan fingerprint density at radius 3 is 3.11 bits per heavy atom. The molecule has 1 saturated heterocycles. The predicted molar refractivity (Wildman–Crippen MR) is 101 cm³/mol. The molecular weight excluding hydrogens is 345 g/mol. The van der Waals surface area contributed by atoms with Gasteiger partial charge in [-0.3, -0.25) is 0 Å². The molecule has 5 rings (SSSR count). The lowest BCUT2D eigenvalue weighted by atomic mass is 10.1. The molecule has 1 N–H and O–H groups in total. The van der Waals surface area contributed by atoms with Crippen LogP contribution in [0.4, 0.5) is 10.2 Å². The summed E-state index contributed by atoms with van der Waals surface area (Å²) in [6, 6.07) is 6.37. The molecule has 4 heterocycles. The molecule has 2 aliphatic heterocycles. The zero-order chi connectivity index (χ0) is 18.5. The standard InChI is InChI=1S/C20H20FN5O/c1-12-16-9-14(21)3-4-18(16)27-15-5-7-25(11-15)13(2)17-10-22-26-8-6-19(23-12)24-20(17)26/h3-4,6,8-10,12,15H,2,5,7,11H2,1H3,(H,23,24)/t12-,15-/m1/s1. The van der Waals surface area contributed by atoms with E-state index in [9.17, 15) is 4.39 Å². The molecule has 0 spiro atoms. The number of rotatable bonds is 0. The third-order valence-corrected chi connectivity index (χ3v) is 5.30. The number of anilines is 1. The lowest BCUT2D eigenvalue weighted by Gasteiger charge is -2.22. The Balaban J connectivity index is 1.66. The van der Waals surface area contributed by atoms with Gasteiger partial charge in [0.05, 0.1) is 24.3 Å². The molecule has 3 aromatic rings. The zero-order valence-corrected chi connectivity index (χ0v) is 15.0. The molecule has 2 aliphatic rings. The maximum absolute atomic E-state index is 13.9. The Bertz CT molecular complexity index is 1050. The fraction of sp³-hybridized carbons (Fsp3) is 0.300. The minimum Gasteiger partial charge on any atom is -0.488 e. The van der Waals surface area contributed by atoms with Gasteiger partial charge in [0.25, 0.3) is 0 Å². The van der Waals surface area contributed by atoms with Crippen molar-refractivity contribution in [3.05, 3.63) is 60.2 Å². The van der Waals surface area contributed by atoms with Crippen LogP contribution in [0.3, 0.4) is 0 Å². The van der Waals surface area contributed by atoms with Crippen LogP contribution in [0.1, 0.15) is 30.5 Å². The van der Waals surface area contributed by atoms with Gasteiger partial charge in [-0.05, 0) is 31.2 Å². The third kappa shape index (κ3) is 2.70. The van der Waals surface area contributed by atoms with E-state index < -0.39 is 0 Å². The molecule has 1 aromatic carbocycles. The highest BCUT2D eigenvalue weighted by Gasteiger charge is 2.28. The van der Waals surface area contributed by atoms with Crippen LogP contribution >= 0.6 is 0 Å². The maximum Gasteiger partial charge on any atom is 0.166 e. The molecule has 2 atom stereocenters. The first-order chi connectivity index (χ1) is 13.1. The largest absolute Gasteiger partial charge is 0.488 e. The van der Waals surface area contributed by atoms with Gasteiger partial charge in [-0.1, -0.05) is 6.58 Å². The molecule has 7 heteroatoms. The first kappa shape index (κ1) is 16.1. The Morgan fingerprint density at radius 1 is 1.33 bits per heavy atom. The summed E-state index contributed by atoms with van der Waals surface area (Å²) in [6.45, 7) is 7.83. The van der Waals surface area contributed by atoms with E-state index in [0.717, 1.165) is 42.0 Å². The van der Waals surface area contributed by atoms with Crippen molar-refractivity contribution in [2.75, 3.05) is 18.4 Å². The van der Waals surface area contributed by atoms with Crippen LogP contribution in [0.5, 0.6) is 5.75 Å². The summed E-state index contributed by atoms with van der Waals surface area (Å²) in [6.07, 6.45) is 4.58. The van der Waals surface area contributed by atoms with Crippen molar-refractivity contribution >= 4 is 17.2 Å². The van der Waals surface area contributed by atoms with E-state index in [2.05, 4.69) is 21.9 Å². The van der Waals surface area contributed by atoms with E-state index in [4.69, 9.17) is 9.72 Å². The van der Waals surface area contributed by atoms with Crippen molar-refractivity contribution in [3.63, 3.8) is 0 Å². The second-order valence-electron chi connectivity index (χ2n) is 7.11. The van der Waals surface area contributed by atoms with Crippen molar-refractivity contribution in [2.24, 2.45) is 0 Å². The number of hydrogen-bond donors (Lipinski definition) is 1. The lowest BCUT2D eigenvalue weighted by molar-refractivity contribution is 0.210. The molecule has 6 nitrogen and oxygen atoms in total. The minimum atomic E-state index is -0.279. The van der Waals surface area contributed by atoms with Gasteiger partial charge in [-0.25, -0.2) is 13.9 Å². The summed E-state index contributed by atoms with van der Waals surface area (Å²) in [5.41, 5.74) is 3.34. The Labute approximate surface area is 156 Å². The van der Waals surface area contributed by atoms with Gasteiger partial charge in [0.2, 0.25) is 0 Å². The molecule has 0 radical (unpaired) electrons. The van der Waals surface area contributed by atoms with Gasteiger partial charge < -0.3 is 15.0 Å². The monoisotopic (exact) mass is 365 g/mol. The molecule has 138 valence electrons. The first-order valence-electron chi connectivity index (χ1n) is 9.10. The van der Waals surface area contributed by atoms with E-state index in [-0.39, 0.29) is 18.0 Å². The smallest absolute Gasteiger partial charge is 0.166 e. The van der Waals surface area contributed by atoms with Crippen molar-refractivity contribution < 1.29 is 9.13 Å². The van der Waals surface area contributed by atoms with E-state index in [1.165, 1.54) is 12.1 Å². The van der Waals surface area contributed by atoms with Crippen LogP contribution in [-0.4, -0.2) is 38.7 Å². The number of aromatic nitrogens is 3. The zero-order valence-electron chi connectivity index (χ0n) is 15.0. The molecule has 2 aromatic heterocycles. The van der Waals surface area contributed by atoms with E-state index >= 15 is 0 Å². The third-order valence-electron chi connectivity index (χ3n) is 5.30. The molecule has 27 heavy (non-hydrogen) atoms. The molecule has 0 amide bonds. The summed E-state index contributed by atoms with van der Waals surface area (Å²) in [4.78, 5) is 6.93. The van der Waals surface area contributed by atoms with Gasteiger partial charge in [0.15, 0.2) is 5.65 Å². The van der Waals surface area contributed by atoms with Gasteiger partial charge in [0, 0.05) is 30.4 Å². The maximum atomic E-state index is 13.9. The van der Waals surface area contributed by atoms with Crippen molar-refractivity contribution in [1.82, 2.24) is 19.5 Å². The normalized spacial score (nSPS) is 21.9. The van der Waals surface area contributed by atoms with Crippen molar-refractivity contribution in [2.45, 2.75) is 25.5 Å². The predicted octanol–water partition coefficient (Wildman–Crippen LogP) is 3.48.